The number of benzene rings is 2. The van der Waals surface area contributed by atoms with Gasteiger partial charge in [0.25, 0.3) is 11.6 Å². The van der Waals surface area contributed by atoms with E-state index in [1.165, 1.54) is 30.5 Å². The maximum Gasteiger partial charge on any atom is 0.277 e. The van der Waals surface area contributed by atoms with Crippen LogP contribution < -0.4 is 10.2 Å². The molecular formula is C15H13N3O4. The van der Waals surface area contributed by atoms with Crippen LogP contribution >= 0.6 is 0 Å². The standard InChI is InChI=1S/C15H13N3O4/c19-15(17-16-10-12-5-2-1-3-6-12)11-22-14-8-4-7-13(9-14)18(20)21/h1-10H,11H2,(H,17,19)/b16-10-. The zero-order valence-corrected chi connectivity index (χ0v) is 11.5. The van der Waals surface area contributed by atoms with E-state index in [4.69, 9.17) is 4.74 Å². The molecule has 0 aliphatic carbocycles. The summed E-state index contributed by atoms with van der Waals surface area (Å²) in [5.74, 6) is -0.213. The molecule has 0 aliphatic rings. The van der Waals surface area contributed by atoms with Crippen molar-refractivity contribution < 1.29 is 14.5 Å². The Bertz CT molecular complexity index is 686. The number of nitrogens with one attached hydrogen (secondary N) is 1. The molecule has 0 radical (unpaired) electrons. The number of carbonyl (C=O) groups is 1. The molecule has 2 rings (SSSR count). The molecule has 7 nitrogen and oxygen atoms in total. The predicted molar refractivity (Wildman–Crippen MR) is 80.8 cm³/mol. The summed E-state index contributed by atoms with van der Waals surface area (Å²) in [4.78, 5) is 21.6. The topological polar surface area (TPSA) is 93.8 Å². The van der Waals surface area contributed by atoms with Crippen LogP contribution in [0.5, 0.6) is 5.75 Å². The van der Waals surface area contributed by atoms with Gasteiger partial charge in [-0.1, -0.05) is 36.4 Å². The van der Waals surface area contributed by atoms with Crippen LogP contribution in [0, 0.1) is 10.1 Å². The van der Waals surface area contributed by atoms with E-state index in [1.807, 2.05) is 30.3 Å². The van der Waals surface area contributed by atoms with Crippen LogP contribution in [-0.2, 0) is 4.79 Å². The number of nitro groups is 1. The fraction of sp³-hybridized carbons (Fsp3) is 0.0667. The lowest BCUT2D eigenvalue weighted by molar-refractivity contribution is -0.384. The average molecular weight is 299 g/mol. The molecule has 0 bridgehead atoms. The second kappa shape index (κ2) is 7.53. The van der Waals surface area contributed by atoms with Crippen molar-refractivity contribution in [3.63, 3.8) is 0 Å². The number of hydrogen-bond acceptors (Lipinski definition) is 5. The van der Waals surface area contributed by atoms with Gasteiger partial charge < -0.3 is 4.74 Å². The molecule has 7 heteroatoms. The lowest BCUT2D eigenvalue weighted by Crippen LogP contribution is -2.24. The number of nitrogens with zero attached hydrogens (tertiary/aromatic N) is 2. The second-order valence-electron chi connectivity index (χ2n) is 4.25. The van der Waals surface area contributed by atoms with Gasteiger partial charge in [-0.25, -0.2) is 5.43 Å². The van der Waals surface area contributed by atoms with Gasteiger partial charge in [0.2, 0.25) is 0 Å². The quantitative estimate of drug-likeness (QED) is 0.502. The number of carbonyl (C=O) groups excluding carboxylic acids is 1. The van der Waals surface area contributed by atoms with Crippen molar-refractivity contribution in [2.45, 2.75) is 0 Å². The molecule has 0 fully saturated rings. The summed E-state index contributed by atoms with van der Waals surface area (Å²) in [7, 11) is 0. The Hall–Kier alpha value is -3.22. The van der Waals surface area contributed by atoms with Gasteiger partial charge in [0.15, 0.2) is 6.61 Å². The predicted octanol–water partition coefficient (Wildman–Crippen LogP) is 2.12. The smallest absolute Gasteiger partial charge is 0.277 e. The molecule has 2 aromatic rings. The molecule has 0 saturated carbocycles. The normalized spacial score (nSPS) is 10.4. The SMILES string of the molecule is O=C(COc1cccc([N+](=O)[O-])c1)N/N=C\c1ccccc1. The summed E-state index contributed by atoms with van der Waals surface area (Å²) in [6, 6.07) is 14.9. The van der Waals surface area contributed by atoms with Crippen LogP contribution in [0.25, 0.3) is 0 Å². The first-order chi connectivity index (χ1) is 10.6. The summed E-state index contributed by atoms with van der Waals surface area (Å²) < 4.78 is 5.17. The van der Waals surface area contributed by atoms with Gasteiger partial charge in [-0.3, -0.25) is 14.9 Å². The third-order valence-electron chi connectivity index (χ3n) is 2.60. The summed E-state index contributed by atoms with van der Waals surface area (Å²) >= 11 is 0. The zero-order valence-electron chi connectivity index (χ0n) is 11.5. The lowest BCUT2D eigenvalue weighted by Gasteiger charge is -2.04. The van der Waals surface area contributed by atoms with Crippen LogP contribution in [0.2, 0.25) is 0 Å². The highest BCUT2D eigenvalue weighted by molar-refractivity contribution is 5.82. The fourth-order valence-electron chi connectivity index (χ4n) is 1.59. The van der Waals surface area contributed by atoms with Crippen molar-refractivity contribution in [2.75, 3.05) is 6.61 Å². The molecule has 0 heterocycles. The second-order valence-corrected chi connectivity index (χ2v) is 4.25. The van der Waals surface area contributed by atoms with E-state index >= 15 is 0 Å². The highest BCUT2D eigenvalue weighted by Gasteiger charge is 2.07. The fourth-order valence-corrected chi connectivity index (χ4v) is 1.59. The van der Waals surface area contributed by atoms with Gasteiger partial charge in [-0.15, -0.1) is 0 Å². The molecule has 0 aliphatic heterocycles. The third-order valence-corrected chi connectivity index (χ3v) is 2.60. The van der Waals surface area contributed by atoms with Crippen molar-refractivity contribution in [1.29, 1.82) is 0 Å². The van der Waals surface area contributed by atoms with E-state index in [-0.39, 0.29) is 18.0 Å². The van der Waals surface area contributed by atoms with Crippen molar-refractivity contribution in [2.24, 2.45) is 5.10 Å². The number of nitro benzene ring substituents is 1. The summed E-state index contributed by atoms with van der Waals surface area (Å²) in [6.45, 7) is -0.284. The first-order valence-corrected chi connectivity index (χ1v) is 6.39. The molecule has 1 amide bonds. The number of amides is 1. The molecule has 22 heavy (non-hydrogen) atoms. The Kier molecular flexibility index (Phi) is 5.20. The maximum atomic E-state index is 11.5. The van der Waals surface area contributed by atoms with Crippen LogP contribution in [0.3, 0.4) is 0 Å². The van der Waals surface area contributed by atoms with E-state index in [0.29, 0.717) is 0 Å². The minimum absolute atomic E-state index is 0.0972. The first-order valence-electron chi connectivity index (χ1n) is 6.39. The van der Waals surface area contributed by atoms with Gasteiger partial charge in [-0.05, 0) is 11.6 Å². The van der Waals surface area contributed by atoms with Crippen LogP contribution in [0.15, 0.2) is 59.7 Å². The van der Waals surface area contributed by atoms with Gasteiger partial charge in [0.1, 0.15) is 5.75 Å². The molecule has 0 atom stereocenters. The highest BCUT2D eigenvalue weighted by Crippen LogP contribution is 2.18. The Balaban J connectivity index is 1.82. The largest absolute Gasteiger partial charge is 0.483 e. The molecule has 112 valence electrons. The molecular weight excluding hydrogens is 286 g/mol. The number of rotatable bonds is 6. The third kappa shape index (κ3) is 4.71. The zero-order chi connectivity index (χ0) is 15.8. The monoisotopic (exact) mass is 299 g/mol. The van der Waals surface area contributed by atoms with Crippen molar-refractivity contribution >= 4 is 17.8 Å². The van der Waals surface area contributed by atoms with E-state index < -0.39 is 10.8 Å². The minimum Gasteiger partial charge on any atom is -0.483 e. The molecule has 0 spiro atoms. The number of ether oxygens (including phenoxy) is 1. The summed E-state index contributed by atoms with van der Waals surface area (Å²) in [5, 5.41) is 14.4. The average Bonchev–Trinajstić information content (AvgIpc) is 2.54. The van der Waals surface area contributed by atoms with E-state index in [1.54, 1.807) is 0 Å². The van der Waals surface area contributed by atoms with Crippen molar-refractivity contribution in [1.82, 2.24) is 5.43 Å². The molecule has 0 unspecified atom stereocenters. The van der Waals surface area contributed by atoms with Crippen molar-refractivity contribution in [3.8, 4) is 5.75 Å². The Morgan fingerprint density at radius 1 is 1.23 bits per heavy atom. The number of non-ortho nitro benzene ring substituents is 1. The van der Waals surface area contributed by atoms with E-state index in [9.17, 15) is 14.9 Å². The molecule has 0 saturated heterocycles. The molecule has 2 aromatic carbocycles. The lowest BCUT2D eigenvalue weighted by atomic mass is 10.2. The molecule has 0 aromatic heterocycles. The highest BCUT2D eigenvalue weighted by atomic mass is 16.6. The summed E-state index contributed by atoms with van der Waals surface area (Å²) in [6.07, 6.45) is 1.51. The van der Waals surface area contributed by atoms with E-state index in [2.05, 4.69) is 10.5 Å². The minimum atomic E-state index is -0.531. The van der Waals surface area contributed by atoms with E-state index in [0.717, 1.165) is 5.56 Å². The molecule has 1 N–H and O–H groups in total. The van der Waals surface area contributed by atoms with Gasteiger partial charge in [0.05, 0.1) is 17.2 Å². The Morgan fingerprint density at radius 2 is 2.00 bits per heavy atom. The van der Waals surface area contributed by atoms with Gasteiger partial charge >= 0.3 is 0 Å². The maximum absolute atomic E-state index is 11.5. The van der Waals surface area contributed by atoms with Crippen LogP contribution in [0.1, 0.15) is 5.56 Å². The van der Waals surface area contributed by atoms with Gasteiger partial charge in [0, 0.05) is 6.07 Å². The Labute approximate surface area is 126 Å². The Morgan fingerprint density at radius 3 is 2.73 bits per heavy atom. The first kappa shape index (κ1) is 15.2. The van der Waals surface area contributed by atoms with Gasteiger partial charge in [-0.2, -0.15) is 5.10 Å². The number of hydrazone groups is 1. The number of hydrogen-bond donors (Lipinski definition) is 1. The van der Waals surface area contributed by atoms with Crippen LogP contribution in [-0.4, -0.2) is 23.7 Å². The van der Waals surface area contributed by atoms with Crippen molar-refractivity contribution in [3.05, 3.63) is 70.3 Å². The van der Waals surface area contributed by atoms with Crippen LogP contribution in [0.4, 0.5) is 5.69 Å². The summed E-state index contributed by atoms with van der Waals surface area (Å²) in [5.41, 5.74) is 3.06.